The zero-order chi connectivity index (χ0) is 13.8. The van der Waals surface area contributed by atoms with E-state index >= 15 is 0 Å². The van der Waals surface area contributed by atoms with Crippen LogP contribution in [0.3, 0.4) is 0 Å². The third-order valence-corrected chi connectivity index (χ3v) is 2.97. The SMILES string of the molecule is CN(Cc1cccc(F)c1)c1cc(C(N)=S)ccn1. The van der Waals surface area contributed by atoms with E-state index in [0.29, 0.717) is 11.5 Å². The Labute approximate surface area is 116 Å². The van der Waals surface area contributed by atoms with Gasteiger partial charge in [0.25, 0.3) is 0 Å². The number of nitrogens with two attached hydrogens (primary N) is 1. The van der Waals surface area contributed by atoms with Crippen LogP contribution < -0.4 is 10.6 Å². The maximum Gasteiger partial charge on any atom is 0.129 e. The molecule has 0 saturated heterocycles. The molecule has 0 saturated carbocycles. The smallest absolute Gasteiger partial charge is 0.129 e. The summed E-state index contributed by atoms with van der Waals surface area (Å²) in [6.45, 7) is 0.561. The lowest BCUT2D eigenvalue weighted by molar-refractivity contribution is 0.625. The standard InChI is InChI=1S/C14H14FN3S/c1-18(9-10-3-2-4-12(15)7-10)13-8-11(14(16)19)5-6-17-13/h2-8H,9H2,1H3,(H2,16,19). The van der Waals surface area contributed by atoms with Gasteiger partial charge in [0.1, 0.15) is 16.6 Å². The molecule has 0 aliphatic heterocycles. The average molecular weight is 275 g/mol. The highest BCUT2D eigenvalue weighted by Crippen LogP contribution is 2.14. The van der Waals surface area contributed by atoms with Crippen LogP contribution in [0.2, 0.25) is 0 Å². The number of halogens is 1. The number of nitrogens with zero attached hydrogens (tertiary/aromatic N) is 2. The molecule has 3 nitrogen and oxygen atoms in total. The quantitative estimate of drug-likeness (QED) is 0.871. The van der Waals surface area contributed by atoms with Gasteiger partial charge in [0, 0.05) is 25.4 Å². The third-order valence-electron chi connectivity index (χ3n) is 2.73. The van der Waals surface area contributed by atoms with Crippen molar-refractivity contribution in [3.8, 4) is 0 Å². The highest BCUT2D eigenvalue weighted by molar-refractivity contribution is 7.80. The molecule has 1 aromatic heterocycles. The molecular weight excluding hydrogens is 261 g/mol. The Morgan fingerprint density at radius 2 is 2.16 bits per heavy atom. The Hall–Kier alpha value is -2.01. The van der Waals surface area contributed by atoms with E-state index < -0.39 is 0 Å². The zero-order valence-corrected chi connectivity index (χ0v) is 11.3. The molecule has 5 heteroatoms. The van der Waals surface area contributed by atoms with Gasteiger partial charge in [0.05, 0.1) is 0 Å². The Kier molecular flexibility index (Phi) is 4.06. The summed E-state index contributed by atoms with van der Waals surface area (Å²) in [5.74, 6) is 0.505. The molecule has 0 amide bonds. The van der Waals surface area contributed by atoms with Crippen LogP contribution in [-0.2, 0) is 6.54 Å². The summed E-state index contributed by atoms with van der Waals surface area (Å²) in [6.07, 6.45) is 1.66. The van der Waals surface area contributed by atoms with Gasteiger partial charge in [-0.2, -0.15) is 0 Å². The van der Waals surface area contributed by atoms with Gasteiger partial charge in [-0.05, 0) is 29.8 Å². The summed E-state index contributed by atoms with van der Waals surface area (Å²) in [7, 11) is 1.89. The lowest BCUT2D eigenvalue weighted by Crippen LogP contribution is -2.19. The lowest BCUT2D eigenvalue weighted by Gasteiger charge is -2.18. The monoisotopic (exact) mass is 275 g/mol. The highest BCUT2D eigenvalue weighted by atomic mass is 32.1. The van der Waals surface area contributed by atoms with Crippen LogP contribution in [0.5, 0.6) is 0 Å². The molecule has 0 aliphatic rings. The molecule has 98 valence electrons. The third kappa shape index (κ3) is 3.48. The van der Waals surface area contributed by atoms with Crippen molar-refractivity contribution >= 4 is 23.0 Å². The van der Waals surface area contributed by atoms with Crippen LogP contribution in [0, 0.1) is 5.82 Å². The van der Waals surface area contributed by atoms with Crippen LogP contribution in [0.25, 0.3) is 0 Å². The number of benzene rings is 1. The van der Waals surface area contributed by atoms with Crippen molar-refractivity contribution in [2.45, 2.75) is 6.54 Å². The number of aromatic nitrogens is 1. The van der Waals surface area contributed by atoms with Crippen LogP contribution in [0.15, 0.2) is 42.6 Å². The molecule has 0 bridgehead atoms. The first kappa shape index (κ1) is 13.4. The number of thiocarbonyl (C=S) groups is 1. The van der Waals surface area contributed by atoms with Crippen LogP contribution in [0.1, 0.15) is 11.1 Å². The number of pyridine rings is 1. The topological polar surface area (TPSA) is 42.1 Å². The van der Waals surface area contributed by atoms with E-state index in [2.05, 4.69) is 4.98 Å². The maximum atomic E-state index is 13.1. The Bertz CT molecular complexity index is 601. The number of rotatable bonds is 4. The number of hydrogen-bond acceptors (Lipinski definition) is 3. The summed E-state index contributed by atoms with van der Waals surface area (Å²) < 4.78 is 13.1. The molecule has 1 heterocycles. The van der Waals surface area contributed by atoms with Gasteiger partial charge in [0.2, 0.25) is 0 Å². The Balaban J connectivity index is 2.18. The lowest BCUT2D eigenvalue weighted by atomic mass is 10.2. The fourth-order valence-corrected chi connectivity index (χ4v) is 1.90. The largest absolute Gasteiger partial charge is 0.389 e. The minimum Gasteiger partial charge on any atom is -0.389 e. The van der Waals surface area contributed by atoms with Gasteiger partial charge in [0.15, 0.2) is 0 Å². The van der Waals surface area contributed by atoms with Crippen molar-refractivity contribution in [3.05, 3.63) is 59.5 Å². The fraction of sp³-hybridized carbons (Fsp3) is 0.143. The van der Waals surface area contributed by atoms with Gasteiger partial charge in [-0.15, -0.1) is 0 Å². The highest BCUT2D eigenvalue weighted by Gasteiger charge is 2.06. The van der Waals surface area contributed by atoms with Crippen molar-refractivity contribution in [1.29, 1.82) is 0 Å². The first-order valence-electron chi connectivity index (χ1n) is 5.77. The predicted octanol–water partition coefficient (Wildman–Crippen LogP) is 2.49. The van der Waals surface area contributed by atoms with Gasteiger partial charge >= 0.3 is 0 Å². The van der Waals surface area contributed by atoms with Crippen LogP contribution in [0.4, 0.5) is 10.2 Å². The zero-order valence-electron chi connectivity index (χ0n) is 10.5. The first-order valence-corrected chi connectivity index (χ1v) is 6.18. The summed E-state index contributed by atoms with van der Waals surface area (Å²) in [6, 6.07) is 10.1. The molecule has 0 unspecified atom stereocenters. The van der Waals surface area contributed by atoms with Crippen LogP contribution >= 0.6 is 12.2 Å². The molecular formula is C14H14FN3S. The fourth-order valence-electron chi connectivity index (χ4n) is 1.77. The summed E-state index contributed by atoms with van der Waals surface area (Å²) in [5.41, 5.74) is 7.24. The molecule has 0 atom stereocenters. The van der Waals surface area contributed by atoms with E-state index in [1.165, 1.54) is 12.1 Å². The second-order valence-electron chi connectivity index (χ2n) is 4.25. The minimum absolute atomic E-state index is 0.240. The molecule has 0 spiro atoms. The van der Waals surface area contributed by atoms with E-state index in [4.69, 9.17) is 18.0 Å². The maximum absolute atomic E-state index is 13.1. The van der Waals surface area contributed by atoms with E-state index in [1.54, 1.807) is 18.3 Å². The van der Waals surface area contributed by atoms with E-state index in [9.17, 15) is 4.39 Å². The molecule has 19 heavy (non-hydrogen) atoms. The first-order chi connectivity index (χ1) is 9.06. The molecule has 2 rings (SSSR count). The molecule has 2 aromatic rings. The van der Waals surface area contributed by atoms with Crippen molar-refractivity contribution in [2.24, 2.45) is 5.73 Å². The van der Waals surface area contributed by atoms with Crippen molar-refractivity contribution in [2.75, 3.05) is 11.9 Å². The summed E-state index contributed by atoms with van der Waals surface area (Å²) in [4.78, 5) is 6.51. The van der Waals surface area contributed by atoms with Crippen molar-refractivity contribution < 1.29 is 4.39 Å². The van der Waals surface area contributed by atoms with Crippen molar-refractivity contribution in [3.63, 3.8) is 0 Å². The second-order valence-corrected chi connectivity index (χ2v) is 4.69. The van der Waals surface area contributed by atoms with Crippen molar-refractivity contribution in [1.82, 2.24) is 4.98 Å². The Morgan fingerprint density at radius 1 is 1.37 bits per heavy atom. The predicted molar refractivity (Wildman–Crippen MR) is 78.6 cm³/mol. The van der Waals surface area contributed by atoms with Crippen LogP contribution in [-0.4, -0.2) is 17.0 Å². The second kappa shape index (κ2) is 5.75. The average Bonchev–Trinajstić information content (AvgIpc) is 2.39. The summed E-state index contributed by atoms with van der Waals surface area (Å²) in [5, 5.41) is 0. The van der Waals surface area contributed by atoms with E-state index in [-0.39, 0.29) is 5.82 Å². The Morgan fingerprint density at radius 3 is 2.84 bits per heavy atom. The van der Waals surface area contributed by atoms with E-state index in [1.807, 2.05) is 24.1 Å². The van der Waals surface area contributed by atoms with E-state index in [0.717, 1.165) is 16.9 Å². The van der Waals surface area contributed by atoms with Gasteiger partial charge in [-0.25, -0.2) is 9.37 Å². The summed E-state index contributed by atoms with van der Waals surface area (Å²) >= 11 is 4.94. The molecule has 0 fully saturated rings. The van der Waals surface area contributed by atoms with Gasteiger partial charge < -0.3 is 10.6 Å². The molecule has 0 aliphatic carbocycles. The van der Waals surface area contributed by atoms with Gasteiger partial charge in [-0.3, -0.25) is 0 Å². The van der Waals surface area contributed by atoms with Gasteiger partial charge in [-0.1, -0.05) is 24.4 Å². The number of anilines is 1. The molecule has 1 aromatic carbocycles. The molecule has 2 N–H and O–H groups in total. The minimum atomic E-state index is -0.240. The molecule has 0 radical (unpaired) electrons. The number of hydrogen-bond donors (Lipinski definition) is 1. The normalized spacial score (nSPS) is 10.2.